The maximum atomic E-state index is 11.3. The van der Waals surface area contributed by atoms with Gasteiger partial charge in [0.15, 0.2) is 0 Å². The van der Waals surface area contributed by atoms with E-state index in [0.717, 1.165) is 23.6 Å². The fraction of sp³-hybridized carbons (Fsp3) is 0.250. The molecule has 2 aliphatic heterocycles. The summed E-state index contributed by atoms with van der Waals surface area (Å²) in [5.74, 6) is 0. The molecule has 5 heteroatoms. The van der Waals surface area contributed by atoms with Crippen molar-refractivity contribution < 1.29 is 0 Å². The third-order valence-corrected chi connectivity index (χ3v) is 3.06. The molecule has 5 nitrogen and oxygen atoms in total. The maximum absolute atomic E-state index is 11.3. The average Bonchev–Trinajstić information content (AvgIpc) is 2.86. The first-order chi connectivity index (χ1) is 8.15. The number of allylic oxidation sites excluding steroid dienone is 1. The Morgan fingerprint density at radius 1 is 1.29 bits per heavy atom. The molecule has 0 atom stereocenters. The van der Waals surface area contributed by atoms with Crippen LogP contribution in [-0.4, -0.2) is 11.1 Å². The summed E-state index contributed by atoms with van der Waals surface area (Å²) in [6.45, 7) is 2.73. The van der Waals surface area contributed by atoms with Crippen LogP contribution in [0.1, 0.15) is 6.92 Å². The molecule has 0 bridgehead atoms. The lowest BCUT2D eigenvalue weighted by atomic mass is 10.2. The van der Waals surface area contributed by atoms with E-state index in [1.165, 1.54) is 5.57 Å². The van der Waals surface area contributed by atoms with Crippen molar-refractivity contribution in [1.82, 2.24) is 4.57 Å². The average molecular weight is 228 g/mol. The zero-order valence-electron chi connectivity index (χ0n) is 9.71. The summed E-state index contributed by atoms with van der Waals surface area (Å²) < 4.78 is 1.57. The second-order valence-electron chi connectivity index (χ2n) is 4.24. The predicted molar refractivity (Wildman–Crippen MR) is 64.7 cm³/mol. The standard InChI is InChI=1S/C12H12N4O/c1-8-10-6-16(7-11(10)14-13-8)9-3-4-12(17)15(2)5-9/h3-5,7H,6H2,1-2H3. The molecule has 2 aliphatic rings. The van der Waals surface area contributed by atoms with Crippen molar-refractivity contribution in [2.45, 2.75) is 6.92 Å². The third-order valence-electron chi connectivity index (χ3n) is 3.06. The van der Waals surface area contributed by atoms with Crippen LogP contribution in [0, 0.1) is 0 Å². The fourth-order valence-corrected chi connectivity index (χ4v) is 2.01. The van der Waals surface area contributed by atoms with E-state index in [1.807, 2.05) is 25.4 Å². The summed E-state index contributed by atoms with van der Waals surface area (Å²) in [5.41, 5.74) is 4.05. The molecule has 0 amide bonds. The topological polar surface area (TPSA) is 50.0 Å². The Kier molecular flexibility index (Phi) is 2.01. The number of nitrogens with zero attached hydrogens (tertiary/aromatic N) is 4. The van der Waals surface area contributed by atoms with Crippen LogP contribution >= 0.6 is 0 Å². The zero-order valence-corrected chi connectivity index (χ0v) is 9.71. The number of azo groups is 1. The predicted octanol–water partition coefficient (Wildman–Crippen LogP) is 1.79. The quantitative estimate of drug-likeness (QED) is 0.735. The Labute approximate surface area is 98.4 Å². The lowest BCUT2D eigenvalue weighted by molar-refractivity contribution is 0.854. The molecular weight excluding hydrogens is 216 g/mol. The van der Waals surface area contributed by atoms with E-state index in [2.05, 4.69) is 15.1 Å². The molecule has 1 aromatic heterocycles. The van der Waals surface area contributed by atoms with Crippen molar-refractivity contribution in [3.8, 4) is 0 Å². The van der Waals surface area contributed by atoms with Gasteiger partial charge in [0.2, 0.25) is 5.56 Å². The minimum atomic E-state index is -0.00382. The molecule has 1 aromatic rings. The van der Waals surface area contributed by atoms with Gasteiger partial charge in [-0.05, 0) is 13.0 Å². The van der Waals surface area contributed by atoms with E-state index in [9.17, 15) is 4.79 Å². The SMILES string of the molecule is CC1=C2CN(c3ccc(=O)n(C)c3)C=C2N=N1. The molecule has 0 aliphatic carbocycles. The Hall–Kier alpha value is -2.17. The smallest absolute Gasteiger partial charge is 0.250 e. The number of rotatable bonds is 1. The highest BCUT2D eigenvalue weighted by Crippen LogP contribution is 2.33. The number of fused-ring (bicyclic) bond motifs is 1. The van der Waals surface area contributed by atoms with Crippen molar-refractivity contribution in [1.29, 1.82) is 0 Å². The van der Waals surface area contributed by atoms with Crippen molar-refractivity contribution in [2.24, 2.45) is 17.3 Å². The van der Waals surface area contributed by atoms with E-state index < -0.39 is 0 Å². The molecule has 0 saturated heterocycles. The summed E-state index contributed by atoms with van der Waals surface area (Å²) in [5, 5.41) is 8.13. The summed E-state index contributed by atoms with van der Waals surface area (Å²) in [6, 6.07) is 3.40. The van der Waals surface area contributed by atoms with Gasteiger partial charge in [-0.15, -0.1) is 5.11 Å². The lowest BCUT2D eigenvalue weighted by Gasteiger charge is -2.15. The second-order valence-corrected chi connectivity index (χ2v) is 4.24. The number of aryl methyl sites for hydroxylation is 1. The minimum Gasteiger partial charge on any atom is -0.340 e. The Balaban J connectivity index is 1.99. The van der Waals surface area contributed by atoms with Gasteiger partial charge in [-0.2, -0.15) is 5.11 Å². The van der Waals surface area contributed by atoms with Crippen LogP contribution in [-0.2, 0) is 7.05 Å². The van der Waals surface area contributed by atoms with Crippen LogP contribution in [0.15, 0.2) is 56.5 Å². The molecule has 0 spiro atoms. The van der Waals surface area contributed by atoms with Crippen LogP contribution < -0.4 is 10.5 Å². The van der Waals surface area contributed by atoms with Crippen LogP contribution in [0.2, 0.25) is 0 Å². The lowest BCUT2D eigenvalue weighted by Crippen LogP contribution is -2.19. The first-order valence-corrected chi connectivity index (χ1v) is 5.42. The third kappa shape index (κ3) is 1.51. The fourth-order valence-electron chi connectivity index (χ4n) is 2.01. The van der Waals surface area contributed by atoms with Gasteiger partial charge in [0.1, 0.15) is 5.70 Å². The van der Waals surface area contributed by atoms with Crippen LogP contribution in [0.4, 0.5) is 5.69 Å². The monoisotopic (exact) mass is 228 g/mol. The van der Waals surface area contributed by atoms with Gasteiger partial charge in [0.05, 0.1) is 17.9 Å². The summed E-state index contributed by atoms with van der Waals surface area (Å²) in [7, 11) is 1.75. The molecular formula is C12H12N4O. The zero-order chi connectivity index (χ0) is 12.0. The van der Waals surface area contributed by atoms with Gasteiger partial charge in [0.25, 0.3) is 0 Å². The van der Waals surface area contributed by atoms with E-state index >= 15 is 0 Å². The van der Waals surface area contributed by atoms with Gasteiger partial charge in [-0.1, -0.05) is 0 Å². The molecule has 0 unspecified atom stereocenters. The van der Waals surface area contributed by atoms with Gasteiger partial charge in [-0.3, -0.25) is 4.79 Å². The molecule has 17 heavy (non-hydrogen) atoms. The molecule has 3 heterocycles. The normalized spacial score (nSPS) is 17.8. The van der Waals surface area contributed by atoms with E-state index in [1.54, 1.807) is 17.7 Å². The minimum absolute atomic E-state index is 0.00382. The van der Waals surface area contributed by atoms with Gasteiger partial charge in [-0.25, -0.2) is 0 Å². The first-order valence-electron chi connectivity index (χ1n) is 5.42. The van der Waals surface area contributed by atoms with Gasteiger partial charge < -0.3 is 9.47 Å². The maximum Gasteiger partial charge on any atom is 0.250 e. The Morgan fingerprint density at radius 3 is 2.82 bits per heavy atom. The number of hydrogen-bond donors (Lipinski definition) is 0. The molecule has 0 fully saturated rings. The number of pyridine rings is 1. The summed E-state index contributed by atoms with van der Waals surface area (Å²) >= 11 is 0. The molecule has 0 radical (unpaired) electrons. The van der Waals surface area contributed by atoms with Crippen LogP contribution in [0.3, 0.4) is 0 Å². The number of aromatic nitrogens is 1. The summed E-state index contributed by atoms with van der Waals surface area (Å²) in [6.07, 6.45) is 3.79. The van der Waals surface area contributed by atoms with Crippen molar-refractivity contribution in [2.75, 3.05) is 11.4 Å². The molecule has 0 N–H and O–H groups in total. The highest BCUT2D eigenvalue weighted by molar-refractivity contribution is 5.58. The van der Waals surface area contributed by atoms with E-state index in [0.29, 0.717) is 0 Å². The van der Waals surface area contributed by atoms with Crippen LogP contribution in [0.5, 0.6) is 0 Å². The first kappa shape index (κ1) is 10.0. The van der Waals surface area contributed by atoms with Crippen LogP contribution in [0.25, 0.3) is 0 Å². The van der Waals surface area contributed by atoms with Gasteiger partial charge >= 0.3 is 0 Å². The second kappa shape index (κ2) is 3.41. The van der Waals surface area contributed by atoms with Crippen molar-refractivity contribution >= 4 is 5.69 Å². The van der Waals surface area contributed by atoms with E-state index in [4.69, 9.17) is 0 Å². The molecule has 0 saturated carbocycles. The molecule has 0 aromatic carbocycles. The Bertz CT molecular complexity index is 636. The highest BCUT2D eigenvalue weighted by atomic mass is 16.1. The van der Waals surface area contributed by atoms with Gasteiger partial charge in [0, 0.05) is 31.1 Å². The van der Waals surface area contributed by atoms with E-state index in [-0.39, 0.29) is 5.56 Å². The van der Waals surface area contributed by atoms with Crippen molar-refractivity contribution in [3.05, 3.63) is 51.9 Å². The molecule has 3 rings (SSSR count). The summed E-state index contributed by atoms with van der Waals surface area (Å²) in [4.78, 5) is 13.4. The number of anilines is 1. The number of hydrogen-bond acceptors (Lipinski definition) is 4. The largest absolute Gasteiger partial charge is 0.340 e. The highest BCUT2D eigenvalue weighted by Gasteiger charge is 2.24. The van der Waals surface area contributed by atoms with Crippen molar-refractivity contribution in [3.63, 3.8) is 0 Å². The molecule has 86 valence electrons. The Morgan fingerprint density at radius 2 is 2.12 bits per heavy atom.